The Morgan fingerprint density at radius 2 is 1.67 bits per heavy atom. The van der Waals surface area contributed by atoms with E-state index < -0.39 is 11.7 Å². The lowest BCUT2D eigenvalue weighted by molar-refractivity contribution is -0.130. The van der Waals surface area contributed by atoms with E-state index in [0.29, 0.717) is 16.9 Å². The van der Waals surface area contributed by atoms with Crippen LogP contribution in [0.5, 0.6) is 0 Å². The molecule has 3 N–H and O–H groups in total. The number of anilines is 3. The van der Waals surface area contributed by atoms with E-state index in [1.807, 2.05) is 0 Å². The van der Waals surface area contributed by atoms with Crippen molar-refractivity contribution < 1.29 is 23.6 Å². The summed E-state index contributed by atoms with van der Waals surface area (Å²) < 4.78 is 14.2. The van der Waals surface area contributed by atoms with Crippen LogP contribution in [0.1, 0.15) is 55.3 Å². The third kappa shape index (κ3) is 5.36. The molecule has 1 aliphatic carbocycles. The Bertz CT molecular complexity index is 1080. The number of hydrogen-bond donors (Lipinski definition) is 3. The van der Waals surface area contributed by atoms with Crippen molar-refractivity contribution in [2.75, 3.05) is 15.6 Å². The molecule has 0 unspecified atom stereocenters. The number of halogens is 1. The minimum atomic E-state index is -0.574. The number of carbonyl (C=O) groups excluding carboxylic acids is 4. The zero-order valence-electron chi connectivity index (χ0n) is 18.0. The SMILES string of the molecule is O=C1CCC(=O)N(c2ccc(C(=O)Nc3ccc(F)c(NC(=O)C4CCCCC4)c3)cc2)N1. The van der Waals surface area contributed by atoms with E-state index in [0.717, 1.165) is 37.1 Å². The van der Waals surface area contributed by atoms with Crippen molar-refractivity contribution in [2.24, 2.45) is 5.92 Å². The Morgan fingerprint density at radius 1 is 0.939 bits per heavy atom. The number of rotatable bonds is 5. The normalized spacial score (nSPS) is 16.8. The first-order chi connectivity index (χ1) is 15.9. The molecule has 2 fully saturated rings. The van der Waals surface area contributed by atoms with E-state index in [1.54, 1.807) is 12.1 Å². The van der Waals surface area contributed by atoms with E-state index in [4.69, 9.17) is 0 Å². The van der Waals surface area contributed by atoms with Crippen LogP contribution in [-0.4, -0.2) is 23.6 Å². The third-order valence-electron chi connectivity index (χ3n) is 5.90. The number of amides is 4. The van der Waals surface area contributed by atoms with Gasteiger partial charge in [-0.15, -0.1) is 0 Å². The van der Waals surface area contributed by atoms with E-state index in [1.165, 1.54) is 30.3 Å². The van der Waals surface area contributed by atoms with Gasteiger partial charge in [-0.05, 0) is 55.3 Å². The highest BCUT2D eigenvalue weighted by Gasteiger charge is 2.25. The van der Waals surface area contributed by atoms with Gasteiger partial charge in [-0.25, -0.2) is 9.40 Å². The summed E-state index contributed by atoms with van der Waals surface area (Å²) in [6, 6.07) is 10.2. The minimum absolute atomic E-state index is 0.0260. The van der Waals surface area contributed by atoms with Crippen molar-refractivity contribution >= 4 is 40.7 Å². The number of nitrogens with one attached hydrogen (secondary N) is 3. The largest absolute Gasteiger partial charge is 0.323 e. The molecule has 1 heterocycles. The molecule has 1 saturated heterocycles. The van der Waals surface area contributed by atoms with Gasteiger partial charge in [0, 0.05) is 30.0 Å². The number of hydrazine groups is 1. The van der Waals surface area contributed by atoms with Crippen LogP contribution >= 0.6 is 0 Å². The monoisotopic (exact) mass is 452 g/mol. The summed E-state index contributed by atoms with van der Waals surface area (Å²) in [4.78, 5) is 48.7. The second-order valence-electron chi connectivity index (χ2n) is 8.28. The van der Waals surface area contributed by atoms with Crippen molar-refractivity contribution in [3.05, 3.63) is 53.8 Å². The quantitative estimate of drug-likeness (QED) is 0.642. The van der Waals surface area contributed by atoms with E-state index in [2.05, 4.69) is 16.1 Å². The molecule has 2 aliphatic rings. The van der Waals surface area contributed by atoms with E-state index in [9.17, 15) is 23.6 Å². The molecule has 0 aromatic heterocycles. The van der Waals surface area contributed by atoms with Gasteiger partial charge in [0.2, 0.25) is 17.7 Å². The van der Waals surface area contributed by atoms with Gasteiger partial charge in [0.15, 0.2) is 0 Å². The van der Waals surface area contributed by atoms with Crippen LogP contribution in [0.3, 0.4) is 0 Å². The Hall–Kier alpha value is -3.75. The number of benzene rings is 2. The molecule has 4 amide bonds. The second kappa shape index (κ2) is 9.81. The van der Waals surface area contributed by atoms with Crippen molar-refractivity contribution in [2.45, 2.75) is 44.9 Å². The molecule has 0 radical (unpaired) electrons. The van der Waals surface area contributed by atoms with Crippen LogP contribution in [0.4, 0.5) is 21.5 Å². The highest BCUT2D eigenvalue weighted by molar-refractivity contribution is 6.06. The molecule has 1 aliphatic heterocycles. The molecule has 9 heteroatoms. The highest BCUT2D eigenvalue weighted by Crippen LogP contribution is 2.27. The van der Waals surface area contributed by atoms with Crippen molar-refractivity contribution in [1.29, 1.82) is 0 Å². The van der Waals surface area contributed by atoms with Crippen LogP contribution in [0.25, 0.3) is 0 Å². The second-order valence-corrected chi connectivity index (χ2v) is 8.28. The summed E-state index contributed by atoms with van der Waals surface area (Å²) >= 11 is 0. The molecular formula is C24H25FN4O4. The molecular weight excluding hydrogens is 427 g/mol. The Labute approximate surface area is 190 Å². The summed E-state index contributed by atoms with van der Waals surface area (Å²) in [5.41, 5.74) is 3.61. The summed E-state index contributed by atoms with van der Waals surface area (Å²) in [7, 11) is 0. The number of nitrogens with zero attached hydrogens (tertiary/aromatic N) is 1. The fraction of sp³-hybridized carbons (Fsp3) is 0.333. The van der Waals surface area contributed by atoms with Crippen molar-refractivity contribution in [3.63, 3.8) is 0 Å². The first-order valence-corrected chi connectivity index (χ1v) is 11.0. The van der Waals surface area contributed by atoms with E-state index in [-0.39, 0.29) is 42.2 Å². The molecule has 1 saturated carbocycles. The lowest BCUT2D eigenvalue weighted by atomic mass is 9.88. The Kier molecular flexibility index (Phi) is 6.67. The van der Waals surface area contributed by atoms with E-state index >= 15 is 0 Å². The Morgan fingerprint density at radius 3 is 2.39 bits per heavy atom. The van der Waals surface area contributed by atoms with Gasteiger partial charge in [-0.2, -0.15) is 0 Å². The lowest BCUT2D eigenvalue weighted by Crippen LogP contribution is -2.50. The van der Waals surface area contributed by atoms with Gasteiger partial charge in [0.1, 0.15) is 5.82 Å². The maximum Gasteiger partial charge on any atom is 0.255 e. The van der Waals surface area contributed by atoms with Crippen LogP contribution in [-0.2, 0) is 14.4 Å². The predicted molar refractivity (Wildman–Crippen MR) is 121 cm³/mol. The van der Waals surface area contributed by atoms with Gasteiger partial charge in [0.05, 0.1) is 11.4 Å². The molecule has 0 spiro atoms. The molecule has 172 valence electrons. The molecule has 0 bridgehead atoms. The smallest absolute Gasteiger partial charge is 0.255 e. The molecule has 2 aromatic carbocycles. The van der Waals surface area contributed by atoms with Crippen LogP contribution in [0, 0.1) is 11.7 Å². The summed E-state index contributed by atoms with van der Waals surface area (Å²) in [5.74, 6) is -1.82. The summed E-state index contributed by atoms with van der Waals surface area (Å²) in [5, 5.41) is 6.50. The van der Waals surface area contributed by atoms with Gasteiger partial charge < -0.3 is 10.6 Å². The molecule has 33 heavy (non-hydrogen) atoms. The maximum absolute atomic E-state index is 14.2. The Balaban J connectivity index is 1.41. The first kappa shape index (κ1) is 22.4. The van der Waals surface area contributed by atoms with Gasteiger partial charge in [-0.1, -0.05) is 19.3 Å². The predicted octanol–water partition coefficient (Wildman–Crippen LogP) is 3.75. The molecule has 2 aromatic rings. The van der Waals surface area contributed by atoms with Gasteiger partial charge in [-0.3, -0.25) is 24.6 Å². The zero-order chi connectivity index (χ0) is 23.4. The van der Waals surface area contributed by atoms with Crippen LogP contribution in [0.15, 0.2) is 42.5 Å². The zero-order valence-corrected chi connectivity index (χ0v) is 18.0. The summed E-state index contributed by atoms with van der Waals surface area (Å²) in [6.45, 7) is 0. The van der Waals surface area contributed by atoms with Crippen molar-refractivity contribution in [3.8, 4) is 0 Å². The summed E-state index contributed by atoms with van der Waals surface area (Å²) in [6.07, 6.45) is 4.97. The fourth-order valence-electron chi connectivity index (χ4n) is 4.05. The molecule has 4 rings (SSSR count). The van der Waals surface area contributed by atoms with Gasteiger partial charge in [0.25, 0.3) is 5.91 Å². The van der Waals surface area contributed by atoms with Crippen LogP contribution < -0.4 is 21.1 Å². The number of carbonyl (C=O) groups is 4. The van der Waals surface area contributed by atoms with Crippen molar-refractivity contribution in [1.82, 2.24) is 5.43 Å². The minimum Gasteiger partial charge on any atom is -0.323 e. The maximum atomic E-state index is 14.2. The standard InChI is InChI=1S/C24H25FN4O4/c25-19-11-8-17(14-20(19)27-24(33)15-4-2-1-3-5-15)26-23(32)16-6-9-18(10-7-16)29-22(31)13-12-21(30)28-29/h6-11,14-15H,1-5,12-13H2,(H,26,32)(H,27,33)(H,28,30). The molecule has 0 atom stereocenters. The lowest BCUT2D eigenvalue weighted by Gasteiger charge is -2.27. The third-order valence-corrected chi connectivity index (χ3v) is 5.90. The van der Waals surface area contributed by atoms with Crippen LogP contribution in [0.2, 0.25) is 0 Å². The average Bonchev–Trinajstić information content (AvgIpc) is 2.83. The average molecular weight is 452 g/mol. The molecule has 8 nitrogen and oxygen atoms in total. The first-order valence-electron chi connectivity index (χ1n) is 11.0. The van der Waals surface area contributed by atoms with Gasteiger partial charge >= 0.3 is 0 Å². The number of hydrogen-bond acceptors (Lipinski definition) is 4. The highest BCUT2D eigenvalue weighted by atomic mass is 19.1. The topological polar surface area (TPSA) is 108 Å². The fourth-order valence-corrected chi connectivity index (χ4v) is 4.05.